The molecule has 0 aliphatic carbocycles. The highest BCUT2D eigenvalue weighted by Gasteiger charge is 2.21. The van der Waals surface area contributed by atoms with Crippen LogP contribution in [0.5, 0.6) is 5.75 Å². The van der Waals surface area contributed by atoms with Crippen molar-refractivity contribution in [3.05, 3.63) is 66.2 Å². The van der Waals surface area contributed by atoms with Crippen LogP contribution in [-0.2, 0) is 16.0 Å². The Balaban J connectivity index is 1.42. The number of fused-ring (bicyclic) bond motifs is 2. The third kappa shape index (κ3) is 4.24. The Bertz CT molecular complexity index is 1060. The molecule has 0 atom stereocenters. The summed E-state index contributed by atoms with van der Waals surface area (Å²) in [5, 5.41) is 5.07. The third-order valence-electron chi connectivity index (χ3n) is 5.18. The molecule has 0 bridgehead atoms. The molecule has 3 aromatic carbocycles. The Labute approximate surface area is 170 Å². The second-order valence-electron chi connectivity index (χ2n) is 7.19. The lowest BCUT2D eigenvalue weighted by Crippen LogP contribution is -2.35. The number of carbonyl (C=O) groups excluding carboxylic acids is 2. The Hall–Kier alpha value is -3.34. The average molecular weight is 388 g/mol. The van der Waals surface area contributed by atoms with Gasteiger partial charge in [-0.3, -0.25) is 9.59 Å². The van der Waals surface area contributed by atoms with Crippen LogP contribution in [0.15, 0.2) is 60.7 Å². The second kappa shape index (κ2) is 8.35. The van der Waals surface area contributed by atoms with Crippen molar-refractivity contribution in [2.45, 2.75) is 26.2 Å². The van der Waals surface area contributed by atoms with Gasteiger partial charge in [0.15, 0.2) is 6.61 Å². The molecule has 4 rings (SSSR count). The first-order valence-corrected chi connectivity index (χ1v) is 9.99. The number of anilines is 2. The summed E-state index contributed by atoms with van der Waals surface area (Å²) in [5.41, 5.74) is 2.71. The number of aryl methyl sites for hydroxylation is 1. The fourth-order valence-corrected chi connectivity index (χ4v) is 3.71. The molecule has 5 nitrogen and oxygen atoms in total. The van der Waals surface area contributed by atoms with E-state index in [1.54, 1.807) is 0 Å². The first-order chi connectivity index (χ1) is 14.1. The lowest BCUT2D eigenvalue weighted by Gasteiger charge is -2.29. The molecule has 0 saturated heterocycles. The van der Waals surface area contributed by atoms with E-state index < -0.39 is 0 Å². The average Bonchev–Trinajstić information content (AvgIpc) is 2.76. The molecule has 0 spiro atoms. The molecule has 0 saturated carbocycles. The lowest BCUT2D eigenvalue weighted by atomic mass is 10.0. The number of nitrogens with one attached hydrogen (secondary N) is 1. The van der Waals surface area contributed by atoms with Gasteiger partial charge in [0, 0.05) is 24.3 Å². The van der Waals surface area contributed by atoms with Crippen LogP contribution in [0.1, 0.15) is 25.3 Å². The van der Waals surface area contributed by atoms with Gasteiger partial charge in [0.25, 0.3) is 5.91 Å². The van der Waals surface area contributed by atoms with E-state index in [4.69, 9.17) is 4.74 Å². The number of hydrogen-bond donors (Lipinski definition) is 1. The van der Waals surface area contributed by atoms with E-state index in [2.05, 4.69) is 5.32 Å². The van der Waals surface area contributed by atoms with E-state index in [0.29, 0.717) is 17.9 Å². The molecular weight excluding hydrogens is 364 g/mol. The zero-order valence-corrected chi connectivity index (χ0v) is 16.5. The summed E-state index contributed by atoms with van der Waals surface area (Å²) in [6, 6.07) is 19.5. The Morgan fingerprint density at radius 3 is 2.69 bits per heavy atom. The van der Waals surface area contributed by atoms with Crippen molar-refractivity contribution in [2.24, 2.45) is 0 Å². The van der Waals surface area contributed by atoms with Gasteiger partial charge >= 0.3 is 0 Å². The molecule has 5 heteroatoms. The molecule has 1 aliphatic rings. The number of ether oxygens (including phenoxy) is 1. The quantitative estimate of drug-likeness (QED) is 0.698. The van der Waals surface area contributed by atoms with Crippen LogP contribution in [0.2, 0.25) is 0 Å². The standard InChI is InChI=1S/C24H24N2O3/c1-2-24(28)26-13-5-8-18-9-11-20(15-22(18)26)25-23(27)16-29-21-12-10-17-6-3-4-7-19(17)14-21/h3-4,6-7,9-12,14-15H,2,5,8,13,16H2,1H3,(H,25,27). The number of benzene rings is 3. The van der Waals surface area contributed by atoms with Gasteiger partial charge in [-0.15, -0.1) is 0 Å². The minimum atomic E-state index is -0.234. The largest absolute Gasteiger partial charge is 0.484 e. The molecule has 3 aromatic rings. The number of rotatable bonds is 5. The molecule has 0 unspecified atom stereocenters. The zero-order chi connectivity index (χ0) is 20.2. The van der Waals surface area contributed by atoms with Crippen molar-refractivity contribution in [2.75, 3.05) is 23.4 Å². The monoisotopic (exact) mass is 388 g/mol. The summed E-state index contributed by atoms with van der Waals surface area (Å²) in [6.45, 7) is 2.52. The van der Waals surface area contributed by atoms with E-state index >= 15 is 0 Å². The molecule has 148 valence electrons. The summed E-state index contributed by atoms with van der Waals surface area (Å²) < 4.78 is 5.66. The first kappa shape index (κ1) is 19.0. The fraction of sp³-hybridized carbons (Fsp3) is 0.250. The van der Waals surface area contributed by atoms with Gasteiger partial charge in [-0.1, -0.05) is 43.3 Å². The molecule has 1 aliphatic heterocycles. The number of carbonyl (C=O) groups is 2. The van der Waals surface area contributed by atoms with Gasteiger partial charge in [0.1, 0.15) is 5.75 Å². The predicted octanol–water partition coefficient (Wildman–Crippen LogP) is 4.55. The third-order valence-corrected chi connectivity index (χ3v) is 5.18. The van der Waals surface area contributed by atoms with Crippen molar-refractivity contribution >= 4 is 34.0 Å². The number of hydrogen-bond acceptors (Lipinski definition) is 3. The highest BCUT2D eigenvalue weighted by Crippen LogP contribution is 2.30. The summed E-state index contributed by atoms with van der Waals surface area (Å²) in [6.07, 6.45) is 2.38. The smallest absolute Gasteiger partial charge is 0.262 e. The van der Waals surface area contributed by atoms with Crippen LogP contribution in [-0.4, -0.2) is 25.0 Å². The molecular formula is C24H24N2O3. The highest BCUT2D eigenvalue weighted by atomic mass is 16.5. The van der Waals surface area contributed by atoms with Crippen molar-refractivity contribution in [1.82, 2.24) is 0 Å². The topological polar surface area (TPSA) is 58.6 Å². The van der Waals surface area contributed by atoms with E-state index in [1.165, 1.54) is 0 Å². The molecule has 29 heavy (non-hydrogen) atoms. The van der Waals surface area contributed by atoms with Gasteiger partial charge in [0.2, 0.25) is 5.91 Å². The predicted molar refractivity (Wildman–Crippen MR) is 115 cm³/mol. The van der Waals surface area contributed by atoms with Crippen molar-refractivity contribution in [1.29, 1.82) is 0 Å². The fourth-order valence-electron chi connectivity index (χ4n) is 3.71. The number of nitrogens with zero attached hydrogens (tertiary/aromatic N) is 1. The first-order valence-electron chi connectivity index (χ1n) is 9.99. The maximum atomic E-state index is 12.4. The van der Waals surface area contributed by atoms with Crippen LogP contribution >= 0.6 is 0 Å². The van der Waals surface area contributed by atoms with E-state index in [-0.39, 0.29) is 18.4 Å². The van der Waals surface area contributed by atoms with Gasteiger partial charge in [-0.25, -0.2) is 0 Å². The maximum Gasteiger partial charge on any atom is 0.262 e. The lowest BCUT2D eigenvalue weighted by molar-refractivity contribution is -0.119. The van der Waals surface area contributed by atoms with E-state index in [9.17, 15) is 9.59 Å². The Morgan fingerprint density at radius 2 is 1.86 bits per heavy atom. The summed E-state index contributed by atoms with van der Waals surface area (Å²) in [7, 11) is 0. The molecule has 1 N–H and O–H groups in total. The second-order valence-corrected chi connectivity index (χ2v) is 7.19. The maximum absolute atomic E-state index is 12.4. The van der Waals surface area contributed by atoms with Crippen LogP contribution in [0.3, 0.4) is 0 Å². The van der Waals surface area contributed by atoms with Crippen molar-refractivity contribution < 1.29 is 14.3 Å². The van der Waals surface area contributed by atoms with Crippen molar-refractivity contribution in [3.8, 4) is 5.75 Å². The molecule has 2 amide bonds. The molecule has 0 radical (unpaired) electrons. The van der Waals surface area contributed by atoms with Crippen LogP contribution in [0.4, 0.5) is 11.4 Å². The zero-order valence-electron chi connectivity index (χ0n) is 16.5. The van der Waals surface area contributed by atoms with Crippen LogP contribution in [0.25, 0.3) is 10.8 Å². The Morgan fingerprint density at radius 1 is 1.03 bits per heavy atom. The van der Waals surface area contributed by atoms with Gasteiger partial charge in [-0.2, -0.15) is 0 Å². The minimum Gasteiger partial charge on any atom is -0.484 e. The molecule has 0 fully saturated rings. The summed E-state index contributed by atoms with van der Waals surface area (Å²) >= 11 is 0. The van der Waals surface area contributed by atoms with Crippen LogP contribution in [0, 0.1) is 0 Å². The number of amides is 2. The van der Waals surface area contributed by atoms with Gasteiger partial charge in [0.05, 0.1) is 0 Å². The van der Waals surface area contributed by atoms with E-state index in [1.807, 2.05) is 72.5 Å². The summed E-state index contributed by atoms with van der Waals surface area (Å²) in [5.74, 6) is 0.528. The highest BCUT2D eigenvalue weighted by molar-refractivity contribution is 5.97. The van der Waals surface area contributed by atoms with Crippen molar-refractivity contribution in [3.63, 3.8) is 0 Å². The Kier molecular flexibility index (Phi) is 5.47. The molecule has 0 aromatic heterocycles. The van der Waals surface area contributed by atoms with E-state index in [0.717, 1.165) is 41.4 Å². The van der Waals surface area contributed by atoms with Gasteiger partial charge in [-0.05, 0) is 53.4 Å². The molecule has 1 heterocycles. The SMILES string of the molecule is CCC(=O)N1CCCc2ccc(NC(=O)COc3ccc4ccccc4c3)cc21. The minimum absolute atomic E-state index is 0.0764. The normalized spacial score (nSPS) is 13.1. The summed E-state index contributed by atoms with van der Waals surface area (Å²) in [4.78, 5) is 26.4. The van der Waals surface area contributed by atoms with Gasteiger partial charge < -0.3 is 15.0 Å². The van der Waals surface area contributed by atoms with Crippen LogP contribution < -0.4 is 15.0 Å².